The summed E-state index contributed by atoms with van der Waals surface area (Å²) in [4.78, 5) is 18.3. The van der Waals surface area contributed by atoms with Crippen molar-refractivity contribution in [3.63, 3.8) is 0 Å². The van der Waals surface area contributed by atoms with Gasteiger partial charge in [-0.25, -0.2) is 4.98 Å². The summed E-state index contributed by atoms with van der Waals surface area (Å²) in [6.45, 7) is 3.74. The second-order valence-corrected chi connectivity index (χ2v) is 5.01. The van der Waals surface area contributed by atoms with Crippen LogP contribution in [0.3, 0.4) is 0 Å². The fraction of sp³-hybridized carbons (Fsp3) is 0.571. The highest BCUT2D eigenvalue weighted by Crippen LogP contribution is 2.21. The molecular formula is C14H21N3O. The van der Waals surface area contributed by atoms with E-state index in [0.717, 1.165) is 30.8 Å². The van der Waals surface area contributed by atoms with Gasteiger partial charge in [0.15, 0.2) is 0 Å². The Hall–Kier alpha value is -1.58. The Kier molecular flexibility index (Phi) is 4.18. The van der Waals surface area contributed by atoms with Crippen LogP contribution in [0.25, 0.3) is 0 Å². The van der Waals surface area contributed by atoms with Gasteiger partial charge in [0.2, 0.25) is 5.91 Å². The molecule has 2 heterocycles. The molecular weight excluding hydrogens is 226 g/mol. The molecule has 0 bridgehead atoms. The molecule has 1 aromatic heterocycles. The summed E-state index contributed by atoms with van der Waals surface area (Å²) in [6, 6.07) is 3.95. The lowest BCUT2D eigenvalue weighted by Crippen LogP contribution is -2.30. The van der Waals surface area contributed by atoms with Crippen molar-refractivity contribution in [1.82, 2.24) is 9.88 Å². The topological polar surface area (TPSA) is 45.2 Å². The summed E-state index contributed by atoms with van der Waals surface area (Å²) in [7, 11) is 1.86. The van der Waals surface area contributed by atoms with Crippen LogP contribution in [0.15, 0.2) is 18.3 Å². The van der Waals surface area contributed by atoms with Crippen LogP contribution >= 0.6 is 0 Å². The van der Waals surface area contributed by atoms with E-state index in [1.807, 2.05) is 24.1 Å². The summed E-state index contributed by atoms with van der Waals surface area (Å²) in [5.74, 6) is 1.78. The number of aromatic nitrogens is 1. The predicted octanol–water partition coefficient (Wildman–Crippen LogP) is 2.27. The molecule has 4 nitrogen and oxygen atoms in total. The molecule has 0 spiro atoms. The number of anilines is 1. The maximum atomic E-state index is 12.0. The minimum atomic E-state index is 0.269. The lowest BCUT2D eigenvalue weighted by molar-refractivity contribution is -0.131. The molecule has 1 fully saturated rings. The summed E-state index contributed by atoms with van der Waals surface area (Å²) in [5, 5.41) is 3.08. The number of likely N-dealkylation sites (tertiary alicyclic amines) is 1. The van der Waals surface area contributed by atoms with Crippen LogP contribution < -0.4 is 5.32 Å². The smallest absolute Gasteiger partial charge is 0.222 e. The largest absolute Gasteiger partial charge is 0.373 e. The van der Waals surface area contributed by atoms with Crippen LogP contribution in [0.1, 0.15) is 31.7 Å². The Morgan fingerprint density at radius 3 is 3.11 bits per heavy atom. The van der Waals surface area contributed by atoms with Crippen LogP contribution in [-0.2, 0) is 11.3 Å². The van der Waals surface area contributed by atoms with Gasteiger partial charge < -0.3 is 10.2 Å². The Balaban J connectivity index is 2.09. The molecule has 1 saturated heterocycles. The Morgan fingerprint density at radius 2 is 2.33 bits per heavy atom. The van der Waals surface area contributed by atoms with Gasteiger partial charge >= 0.3 is 0 Å². The number of carbonyl (C=O) groups excluding carboxylic acids is 1. The number of hydrogen-bond acceptors (Lipinski definition) is 3. The Morgan fingerprint density at radius 1 is 1.50 bits per heavy atom. The first-order valence-corrected chi connectivity index (χ1v) is 6.60. The fourth-order valence-electron chi connectivity index (χ4n) is 2.34. The van der Waals surface area contributed by atoms with Crippen molar-refractivity contribution in [1.29, 1.82) is 0 Å². The quantitative estimate of drug-likeness (QED) is 0.891. The van der Waals surface area contributed by atoms with Gasteiger partial charge in [-0.1, -0.05) is 13.0 Å². The number of rotatable bonds is 3. The first-order valence-electron chi connectivity index (χ1n) is 6.60. The number of carbonyl (C=O) groups is 1. The van der Waals surface area contributed by atoms with Crippen LogP contribution in [0, 0.1) is 5.92 Å². The third-order valence-corrected chi connectivity index (χ3v) is 3.58. The highest BCUT2D eigenvalue weighted by Gasteiger charge is 2.20. The maximum absolute atomic E-state index is 12.0. The molecule has 98 valence electrons. The lowest BCUT2D eigenvalue weighted by Gasteiger charge is -2.21. The van der Waals surface area contributed by atoms with E-state index in [1.165, 1.54) is 0 Å². The maximum Gasteiger partial charge on any atom is 0.222 e. The first kappa shape index (κ1) is 12.9. The van der Waals surface area contributed by atoms with Crippen molar-refractivity contribution in [3.8, 4) is 0 Å². The zero-order valence-electron chi connectivity index (χ0n) is 11.1. The summed E-state index contributed by atoms with van der Waals surface area (Å²) < 4.78 is 0. The van der Waals surface area contributed by atoms with Gasteiger partial charge in [-0.15, -0.1) is 0 Å². The molecule has 1 aliphatic heterocycles. The normalized spacial score (nSPS) is 20.7. The average Bonchev–Trinajstić information content (AvgIpc) is 2.55. The van der Waals surface area contributed by atoms with Crippen molar-refractivity contribution in [2.24, 2.45) is 5.92 Å². The zero-order valence-corrected chi connectivity index (χ0v) is 11.1. The second-order valence-electron chi connectivity index (χ2n) is 5.01. The van der Waals surface area contributed by atoms with E-state index < -0.39 is 0 Å². The monoisotopic (exact) mass is 247 g/mol. The molecule has 1 aromatic rings. The Bertz CT molecular complexity index is 419. The van der Waals surface area contributed by atoms with E-state index in [2.05, 4.69) is 17.2 Å². The minimum absolute atomic E-state index is 0.269. The van der Waals surface area contributed by atoms with Crippen LogP contribution in [-0.4, -0.2) is 29.4 Å². The van der Waals surface area contributed by atoms with Gasteiger partial charge in [-0.3, -0.25) is 4.79 Å². The fourth-order valence-corrected chi connectivity index (χ4v) is 2.34. The van der Waals surface area contributed by atoms with Gasteiger partial charge in [0, 0.05) is 38.3 Å². The van der Waals surface area contributed by atoms with Crippen molar-refractivity contribution in [2.75, 3.05) is 18.9 Å². The zero-order chi connectivity index (χ0) is 13.0. The molecule has 0 saturated carbocycles. The molecule has 1 atom stereocenters. The van der Waals surface area contributed by atoms with Gasteiger partial charge in [0.1, 0.15) is 5.82 Å². The van der Waals surface area contributed by atoms with E-state index in [-0.39, 0.29) is 5.91 Å². The van der Waals surface area contributed by atoms with Crippen molar-refractivity contribution in [2.45, 2.75) is 32.7 Å². The number of nitrogens with zero attached hydrogens (tertiary/aromatic N) is 2. The standard InChI is InChI=1S/C14H21N3O/c1-11-5-6-13(18)17(9-7-11)10-12-4-3-8-16-14(12)15-2/h3-4,8,11H,5-7,9-10H2,1-2H3,(H,15,16). The summed E-state index contributed by atoms with van der Waals surface area (Å²) >= 11 is 0. The van der Waals surface area contributed by atoms with Crippen molar-refractivity contribution >= 4 is 11.7 Å². The van der Waals surface area contributed by atoms with Gasteiger partial charge in [-0.05, 0) is 24.8 Å². The molecule has 1 unspecified atom stereocenters. The molecule has 0 aliphatic carbocycles. The number of hydrogen-bond donors (Lipinski definition) is 1. The van der Waals surface area contributed by atoms with Gasteiger partial charge in [0.05, 0.1) is 0 Å². The third kappa shape index (κ3) is 3.00. The van der Waals surface area contributed by atoms with Gasteiger partial charge in [-0.2, -0.15) is 0 Å². The van der Waals surface area contributed by atoms with Crippen LogP contribution in [0.5, 0.6) is 0 Å². The number of pyridine rings is 1. The van der Waals surface area contributed by atoms with E-state index in [9.17, 15) is 4.79 Å². The number of amides is 1. The van der Waals surface area contributed by atoms with E-state index >= 15 is 0 Å². The molecule has 1 N–H and O–H groups in total. The highest BCUT2D eigenvalue weighted by molar-refractivity contribution is 5.76. The van der Waals surface area contributed by atoms with Gasteiger partial charge in [0.25, 0.3) is 0 Å². The summed E-state index contributed by atoms with van der Waals surface area (Å²) in [6.07, 6.45) is 4.56. The van der Waals surface area contributed by atoms with E-state index in [1.54, 1.807) is 6.20 Å². The van der Waals surface area contributed by atoms with Crippen LogP contribution in [0.4, 0.5) is 5.82 Å². The SMILES string of the molecule is CNc1ncccc1CN1CCC(C)CCC1=O. The third-order valence-electron chi connectivity index (χ3n) is 3.58. The lowest BCUT2D eigenvalue weighted by atomic mass is 10.0. The minimum Gasteiger partial charge on any atom is -0.373 e. The van der Waals surface area contributed by atoms with Crippen LogP contribution in [0.2, 0.25) is 0 Å². The van der Waals surface area contributed by atoms with E-state index in [0.29, 0.717) is 18.9 Å². The highest BCUT2D eigenvalue weighted by atomic mass is 16.2. The molecule has 1 amide bonds. The predicted molar refractivity (Wildman–Crippen MR) is 72.2 cm³/mol. The average molecular weight is 247 g/mol. The van der Waals surface area contributed by atoms with Crippen molar-refractivity contribution in [3.05, 3.63) is 23.9 Å². The molecule has 18 heavy (non-hydrogen) atoms. The molecule has 0 radical (unpaired) electrons. The Labute approximate surface area is 108 Å². The number of nitrogens with one attached hydrogen (secondary N) is 1. The molecule has 2 rings (SSSR count). The van der Waals surface area contributed by atoms with Crippen molar-refractivity contribution < 1.29 is 4.79 Å². The second kappa shape index (κ2) is 5.85. The van der Waals surface area contributed by atoms with E-state index in [4.69, 9.17) is 0 Å². The first-order chi connectivity index (χ1) is 8.70. The molecule has 0 aromatic carbocycles. The molecule has 4 heteroatoms. The summed E-state index contributed by atoms with van der Waals surface area (Å²) in [5.41, 5.74) is 1.09. The molecule has 1 aliphatic rings.